The quantitative estimate of drug-likeness (QED) is 0.703. The lowest BCUT2D eigenvalue weighted by molar-refractivity contribution is -0.115. The third kappa shape index (κ3) is 3.39. The number of H-pyrrole nitrogens is 1. The molecule has 1 aromatic carbocycles. The van der Waals surface area contributed by atoms with Gasteiger partial charge >= 0.3 is 0 Å². The van der Waals surface area contributed by atoms with E-state index in [0.717, 1.165) is 16.2 Å². The molecule has 0 unspecified atom stereocenters. The molecule has 6 nitrogen and oxygen atoms in total. The number of aromatic amines is 1. The maximum absolute atomic E-state index is 12.4. The van der Waals surface area contributed by atoms with Crippen LogP contribution in [0, 0.1) is 0 Å². The van der Waals surface area contributed by atoms with Crippen LogP contribution in [-0.4, -0.2) is 30.9 Å². The van der Waals surface area contributed by atoms with Crippen LogP contribution in [0.15, 0.2) is 41.7 Å². The van der Waals surface area contributed by atoms with E-state index in [1.807, 2.05) is 45.0 Å². The van der Waals surface area contributed by atoms with Gasteiger partial charge in [0.25, 0.3) is 0 Å². The highest BCUT2D eigenvalue weighted by molar-refractivity contribution is 8.00. The molecule has 0 aliphatic heterocycles. The summed E-state index contributed by atoms with van der Waals surface area (Å²) < 4.78 is 1.79. The molecule has 0 bridgehead atoms. The van der Waals surface area contributed by atoms with Crippen molar-refractivity contribution < 1.29 is 4.79 Å². The van der Waals surface area contributed by atoms with Crippen LogP contribution in [0.2, 0.25) is 0 Å². The Morgan fingerprint density at radius 1 is 1.26 bits per heavy atom. The molecule has 0 spiro atoms. The number of carbonyl (C=O) groups excluding carboxylic acids is 1. The summed E-state index contributed by atoms with van der Waals surface area (Å²) >= 11 is 1.41. The Morgan fingerprint density at radius 3 is 2.78 bits per heavy atom. The molecule has 2 heterocycles. The van der Waals surface area contributed by atoms with Crippen molar-refractivity contribution in [2.45, 2.75) is 37.2 Å². The van der Waals surface area contributed by atoms with Gasteiger partial charge in [-0.1, -0.05) is 23.9 Å². The van der Waals surface area contributed by atoms with Gasteiger partial charge in [-0.3, -0.25) is 4.79 Å². The number of amides is 1. The molecule has 0 radical (unpaired) electrons. The van der Waals surface area contributed by atoms with Gasteiger partial charge in [-0.2, -0.15) is 5.10 Å². The maximum atomic E-state index is 12.4. The Balaban J connectivity index is 1.68. The van der Waals surface area contributed by atoms with Crippen LogP contribution in [-0.2, 0) is 4.79 Å². The third-order valence-electron chi connectivity index (χ3n) is 3.44. The number of thioether (sulfide) groups is 1. The lowest BCUT2D eigenvalue weighted by Gasteiger charge is -2.14. The van der Waals surface area contributed by atoms with Gasteiger partial charge in [0.1, 0.15) is 5.82 Å². The molecule has 7 heteroatoms. The second-order valence-corrected chi connectivity index (χ2v) is 6.89. The van der Waals surface area contributed by atoms with E-state index < -0.39 is 0 Å². The Labute approximate surface area is 138 Å². The van der Waals surface area contributed by atoms with Gasteiger partial charge in [0.05, 0.1) is 22.5 Å². The lowest BCUT2D eigenvalue weighted by atomic mass is 10.3. The fourth-order valence-electron chi connectivity index (χ4n) is 2.26. The lowest BCUT2D eigenvalue weighted by Crippen LogP contribution is -2.24. The van der Waals surface area contributed by atoms with Gasteiger partial charge in [-0.25, -0.2) is 9.67 Å². The van der Waals surface area contributed by atoms with Gasteiger partial charge < -0.3 is 10.3 Å². The largest absolute Gasteiger partial charge is 0.333 e. The zero-order valence-electron chi connectivity index (χ0n) is 13.3. The Bertz CT molecular complexity index is 790. The maximum Gasteiger partial charge on any atom is 0.238 e. The third-order valence-corrected chi connectivity index (χ3v) is 4.42. The monoisotopic (exact) mass is 329 g/mol. The van der Waals surface area contributed by atoms with Gasteiger partial charge in [0.2, 0.25) is 5.91 Å². The topological polar surface area (TPSA) is 75.6 Å². The van der Waals surface area contributed by atoms with E-state index in [1.165, 1.54) is 11.8 Å². The van der Waals surface area contributed by atoms with Crippen LogP contribution in [0.5, 0.6) is 0 Å². The first-order valence-electron chi connectivity index (χ1n) is 7.50. The van der Waals surface area contributed by atoms with Crippen LogP contribution in [0.25, 0.3) is 11.0 Å². The summed E-state index contributed by atoms with van der Waals surface area (Å²) in [4.78, 5) is 20.1. The fourth-order valence-corrected chi connectivity index (χ4v) is 3.08. The van der Waals surface area contributed by atoms with E-state index in [-0.39, 0.29) is 17.2 Å². The van der Waals surface area contributed by atoms with E-state index in [4.69, 9.17) is 0 Å². The molecule has 3 rings (SSSR count). The zero-order chi connectivity index (χ0) is 16.4. The van der Waals surface area contributed by atoms with Gasteiger partial charge in [0, 0.05) is 12.1 Å². The van der Waals surface area contributed by atoms with Gasteiger partial charge in [-0.15, -0.1) is 0 Å². The van der Waals surface area contributed by atoms with Gasteiger partial charge in [0.15, 0.2) is 5.16 Å². The summed E-state index contributed by atoms with van der Waals surface area (Å²) in [6, 6.07) is 9.81. The predicted molar refractivity (Wildman–Crippen MR) is 92.7 cm³/mol. The standard InChI is InChI=1S/C16H19N5OS/c1-10(2)21-14(8-9-17-21)20-15(22)11(3)23-16-18-12-6-4-5-7-13(12)19-16/h4-11H,1-3H3,(H,18,19)(H,20,22)/t11-/m1/s1. The van der Waals surface area contributed by atoms with E-state index in [2.05, 4.69) is 20.4 Å². The molecular formula is C16H19N5OS. The smallest absolute Gasteiger partial charge is 0.238 e. The molecule has 23 heavy (non-hydrogen) atoms. The summed E-state index contributed by atoms with van der Waals surface area (Å²) in [6.07, 6.45) is 1.69. The van der Waals surface area contributed by atoms with E-state index in [9.17, 15) is 4.79 Å². The molecule has 1 atom stereocenters. The molecule has 2 aromatic heterocycles. The van der Waals surface area contributed by atoms with Crippen molar-refractivity contribution in [1.29, 1.82) is 0 Å². The Morgan fingerprint density at radius 2 is 2.04 bits per heavy atom. The van der Waals surface area contributed by atoms with E-state index >= 15 is 0 Å². The minimum absolute atomic E-state index is 0.0714. The average molecular weight is 329 g/mol. The number of nitrogens with zero attached hydrogens (tertiary/aromatic N) is 3. The number of nitrogens with one attached hydrogen (secondary N) is 2. The Hall–Kier alpha value is -2.28. The fraction of sp³-hybridized carbons (Fsp3) is 0.312. The second kappa shape index (κ2) is 6.45. The van der Waals surface area contributed by atoms with Crippen molar-refractivity contribution >= 4 is 34.5 Å². The van der Waals surface area contributed by atoms with Crippen LogP contribution >= 0.6 is 11.8 Å². The number of benzene rings is 1. The van der Waals surface area contributed by atoms with E-state index in [1.54, 1.807) is 16.9 Å². The first-order chi connectivity index (χ1) is 11.0. The predicted octanol–water partition coefficient (Wildman–Crippen LogP) is 3.46. The summed E-state index contributed by atoms with van der Waals surface area (Å²) in [5.41, 5.74) is 1.88. The number of anilines is 1. The summed E-state index contributed by atoms with van der Waals surface area (Å²) in [5.74, 6) is 0.639. The van der Waals surface area contributed by atoms with Gasteiger partial charge in [-0.05, 0) is 32.9 Å². The molecule has 0 fully saturated rings. The van der Waals surface area contributed by atoms with Crippen molar-refractivity contribution in [3.63, 3.8) is 0 Å². The molecular weight excluding hydrogens is 310 g/mol. The number of hydrogen-bond donors (Lipinski definition) is 2. The minimum atomic E-state index is -0.272. The second-order valence-electron chi connectivity index (χ2n) is 5.56. The molecule has 0 saturated carbocycles. The number of para-hydroxylation sites is 2. The minimum Gasteiger partial charge on any atom is -0.333 e. The molecule has 2 N–H and O–H groups in total. The van der Waals surface area contributed by atoms with Crippen molar-refractivity contribution in [3.05, 3.63) is 36.5 Å². The number of hydrogen-bond acceptors (Lipinski definition) is 4. The summed E-state index contributed by atoms with van der Waals surface area (Å²) in [6.45, 7) is 5.91. The molecule has 120 valence electrons. The first-order valence-corrected chi connectivity index (χ1v) is 8.38. The highest BCUT2D eigenvalue weighted by Crippen LogP contribution is 2.24. The molecule has 3 aromatic rings. The number of fused-ring (bicyclic) bond motifs is 1. The van der Waals surface area contributed by atoms with Crippen molar-refractivity contribution in [1.82, 2.24) is 19.7 Å². The zero-order valence-corrected chi connectivity index (χ0v) is 14.1. The molecule has 0 aliphatic carbocycles. The number of aromatic nitrogens is 4. The highest BCUT2D eigenvalue weighted by Gasteiger charge is 2.18. The molecule has 0 aliphatic rings. The average Bonchev–Trinajstić information content (AvgIpc) is 3.12. The number of imidazole rings is 1. The number of carbonyl (C=O) groups is 1. The number of rotatable bonds is 5. The van der Waals surface area contributed by atoms with Crippen LogP contribution in [0.3, 0.4) is 0 Å². The first kappa shape index (κ1) is 15.6. The van der Waals surface area contributed by atoms with Crippen molar-refractivity contribution in [3.8, 4) is 0 Å². The van der Waals surface area contributed by atoms with Crippen LogP contribution < -0.4 is 5.32 Å². The van der Waals surface area contributed by atoms with E-state index in [0.29, 0.717) is 5.82 Å². The van der Waals surface area contributed by atoms with Crippen LogP contribution in [0.4, 0.5) is 5.82 Å². The SMILES string of the molecule is CC(C)n1nccc1NC(=O)[C@@H](C)Sc1nc2ccccc2[nH]1. The summed E-state index contributed by atoms with van der Waals surface area (Å²) in [5, 5.41) is 7.61. The van der Waals surface area contributed by atoms with Crippen molar-refractivity contribution in [2.24, 2.45) is 0 Å². The Kier molecular flexibility index (Phi) is 4.38. The van der Waals surface area contributed by atoms with Crippen LogP contribution in [0.1, 0.15) is 26.8 Å². The molecule has 1 amide bonds. The molecule has 0 saturated heterocycles. The highest BCUT2D eigenvalue weighted by atomic mass is 32.2. The normalized spacial score (nSPS) is 12.7. The van der Waals surface area contributed by atoms with Crippen molar-refractivity contribution in [2.75, 3.05) is 5.32 Å². The summed E-state index contributed by atoms with van der Waals surface area (Å²) in [7, 11) is 0.